The Morgan fingerprint density at radius 1 is 1.40 bits per heavy atom. The number of likely N-dealkylation sites (tertiary alicyclic amines) is 1. The molecule has 1 heterocycles. The molecule has 0 aromatic heterocycles. The van der Waals surface area contributed by atoms with E-state index in [0.29, 0.717) is 6.10 Å². The lowest BCUT2D eigenvalue weighted by Gasteiger charge is -2.46. The first-order valence-corrected chi connectivity index (χ1v) is 6.20. The number of ether oxygens (including phenoxy) is 1. The number of rotatable bonds is 5. The highest BCUT2D eigenvalue weighted by molar-refractivity contribution is 4.92. The lowest BCUT2D eigenvalue weighted by molar-refractivity contribution is -0.0202. The average molecular weight is 214 g/mol. The van der Waals surface area contributed by atoms with Crippen LogP contribution in [0.4, 0.5) is 0 Å². The predicted octanol–water partition coefficient (Wildman–Crippen LogP) is 1.61. The van der Waals surface area contributed by atoms with Gasteiger partial charge in [0.15, 0.2) is 0 Å². The molecule has 1 fully saturated rings. The van der Waals surface area contributed by atoms with Crippen LogP contribution in [0.2, 0.25) is 0 Å². The highest BCUT2D eigenvalue weighted by Crippen LogP contribution is 2.27. The van der Waals surface area contributed by atoms with Crippen LogP contribution in [0.15, 0.2) is 0 Å². The SMILES string of the molecule is CCC(CC)(CN)N1CCCC(OC)C1. The fraction of sp³-hybridized carbons (Fsp3) is 1.00. The van der Waals surface area contributed by atoms with E-state index >= 15 is 0 Å². The third-order valence-electron chi connectivity index (χ3n) is 4.08. The molecule has 90 valence electrons. The fourth-order valence-corrected chi connectivity index (χ4v) is 2.68. The van der Waals surface area contributed by atoms with Gasteiger partial charge in [0.2, 0.25) is 0 Å². The van der Waals surface area contributed by atoms with Crippen LogP contribution in [0.1, 0.15) is 39.5 Å². The van der Waals surface area contributed by atoms with Gasteiger partial charge < -0.3 is 10.5 Å². The quantitative estimate of drug-likeness (QED) is 0.755. The largest absolute Gasteiger partial charge is 0.380 e. The summed E-state index contributed by atoms with van der Waals surface area (Å²) in [7, 11) is 1.82. The van der Waals surface area contributed by atoms with Crippen molar-refractivity contribution in [2.24, 2.45) is 5.73 Å². The minimum absolute atomic E-state index is 0.206. The molecule has 2 N–H and O–H groups in total. The molecule has 0 saturated carbocycles. The van der Waals surface area contributed by atoms with Gasteiger partial charge in [-0.05, 0) is 32.2 Å². The van der Waals surface area contributed by atoms with Crippen molar-refractivity contribution < 1.29 is 4.74 Å². The fourth-order valence-electron chi connectivity index (χ4n) is 2.68. The summed E-state index contributed by atoms with van der Waals surface area (Å²) in [6.07, 6.45) is 5.11. The molecule has 1 aliphatic heterocycles. The summed E-state index contributed by atoms with van der Waals surface area (Å²) in [5.41, 5.74) is 6.17. The first-order chi connectivity index (χ1) is 7.22. The van der Waals surface area contributed by atoms with E-state index in [4.69, 9.17) is 10.5 Å². The van der Waals surface area contributed by atoms with E-state index in [1.54, 1.807) is 0 Å². The molecule has 0 radical (unpaired) electrons. The van der Waals surface area contributed by atoms with Crippen molar-refractivity contribution in [2.45, 2.75) is 51.2 Å². The summed E-state index contributed by atoms with van der Waals surface area (Å²) in [6, 6.07) is 0. The summed E-state index contributed by atoms with van der Waals surface area (Å²) >= 11 is 0. The maximum absolute atomic E-state index is 5.96. The molecule has 1 unspecified atom stereocenters. The van der Waals surface area contributed by atoms with Gasteiger partial charge in [-0.2, -0.15) is 0 Å². The zero-order valence-corrected chi connectivity index (χ0v) is 10.5. The number of nitrogens with zero attached hydrogens (tertiary/aromatic N) is 1. The summed E-state index contributed by atoms with van der Waals surface area (Å²) in [4.78, 5) is 2.55. The topological polar surface area (TPSA) is 38.5 Å². The van der Waals surface area contributed by atoms with Crippen molar-refractivity contribution in [1.82, 2.24) is 4.90 Å². The van der Waals surface area contributed by atoms with Gasteiger partial charge in [-0.3, -0.25) is 4.90 Å². The average Bonchev–Trinajstić information content (AvgIpc) is 2.32. The van der Waals surface area contributed by atoms with Gasteiger partial charge in [0, 0.05) is 25.7 Å². The first-order valence-electron chi connectivity index (χ1n) is 6.20. The molecule has 3 heteroatoms. The standard InChI is InChI=1S/C12H26N2O/c1-4-12(5-2,10-13)14-8-6-7-11(9-14)15-3/h11H,4-10,13H2,1-3H3. The molecular weight excluding hydrogens is 188 g/mol. The number of hydrogen-bond acceptors (Lipinski definition) is 3. The van der Waals surface area contributed by atoms with E-state index in [2.05, 4.69) is 18.7 Å². The van der Waals surface area contributed by atoms with Crippen LogP contribution in [0.5, 0.6) is 0 Å². The van der Waals surface area contributed by atoms with E-state index in [-0.39, 0.29) is 5.54 Å². The molecule has 1 aliphatic rings. The van der Waals surface area contributed by atoms with E-state index in [1.807, 2.05) is 7.11 Å². The van der Waals surface area contributed by atoms with Crippen molar-refractivity contribution in [2.75, 3.05) is 26.7 Å². The van der Waals surface area contributed by atoms with E-state index < -0.39 is 0 Å². The molecule has 1 atom stereocenters. The zero-order chi connectivity index (χ0) is 11.3. The Labute approximate surface area is 94.0 Å². The summed E-state index contributed by atoms with van der Waals surface area (Å²) < 4.78 is 5.47. The Kier molecular flexibility index (Phi) is 5.03. The van der Waals surface area contributed by atoms with Gasteiger partial charge in [-0.1, -0.05) is 13.8 Å². The second-order valence-electron chi connectivity index (χ2n) is 4.58. The number of hydrogen-bond donors (Lipinski definition) is 1. The number of nitrogens with two attached hydrogens (primary N) is 1. The minimum Gasteiger partial charge on any atom is -0.380 e. The third kappa shape index (κ3) is 2.71. The molecule has 0 spiro atoms. The normalized spacial score (nSPS) is 24.4. The van der Waals surface area contributed by atoms with Gasteiger partial charge in [0.05, 0.1) is 6.10 Å². The van der Waals surface area contributed by atoms with Gasteiger partial charge in [0.1, 0.15) is 0 Å². The van der Waals surface area contributed by atoms with Gasteiger partial charge in [-0.25, -0.2) is 0 Å². The van der Waals surface area contributed by atoms with Crippen molar-refractivity contribution in [3.05, 3.63) is 0 Å². The molecule has 0 aromatic carbocycles. The van der Waals surface area contributed by atoms with Crippen molar-refractivity contribution in [3.63, 3.8) is 0 Å². The Bertz CT molecular complexity index is 172. The van der Waals surface area contributed by atoms with E-state index in [1.165, 1.54) is 19.4 Å². The van der Waals surface area contributed by atoms with Gasteiger partial charge >= 0.3 is 0 Å². The van der Waals surface area contributed by atoms with Crippen molar-refractivity contribution in [1.29, 1.82) is 0 Å². The Balaban J connectivity index is 2.66. The van der Waals surface area contributed by atoms with Crippen molar-refractivity contribution in [3.8, 4) is 0 Å². The van der Waals surface area contributed by atoms with Gasteiger partial charge in [-0.15, -0.1) is 0 Å². The zero-order valence-electron chi connectivity index (χ0n) is 10.5. The second kappa shape index (κ2) is 5.83. The molecule has 15 heavy (non-hydrogen) atoms. The highest BCUT2D eigenvalue weighted by atomic mass is 16.5. The molecule has 0 bridgehead atoms. The predicted molar refractivity (Wildman–Crippen MR) is 64.0 cm³/mol. The Hall–Kier alpha value is -0.120. The molecule has 0 aromatic rings. The Morgan fingerprint density at radius 2 is 2.07 bits per heavy atom. The highest BCUT2D eigenvalue weighted by Gasteiger charge is 2.35. The summed E-state index contributed by atoms with van der Waals surface area (Å²) in [5.74, 6) is 0. The maximum Gasteiger partial charge on any atom is 0.0698 e. The molecule has 1 saturated heterocycles. The monoisotopic (exact) mass is 214 g/mol. The minimum atomic E-state index is 0.206. The number of methoxy groups -OCH3 is 1. The second-order valence-corrected chi connectivity index (χ2v) is 4.58. The van der Waals surface area contributed by atoms with Crippen LogP contribution >= 0.6 is 0 Å². The van der Waals surface area contributed by atoms with E-state index in [9.17, 15) is 0 Å². The first kappa shape index (κ1) is 12.9. The van der Waals surface area contributed by atoms with Crippen LogP contribution in [0.3, 0.4) is 0 Å². The molecule has 0 amide bonds. The maximum atomic E-state index is 5.96. The molecule has 0 aliphatic carbocycles. The molecular formula is C12H26N2O. The van der Waals surface area contributed by atoms with Crippen LogP contribution in [-0.4, -0.2) is 43.3 Å². The number of piperidine rings is 1. The van der Waals surface area contributed by atoms with Crippen LogP contribution in [0, 0.1) is 0 Å². The van der Waals surface area contributed by atoms with Crippen LogP contribution < -0.4 is 5.73 Å². The molecule has 1 rings (SSSR count). The molecule has 3 nitrogen and oxygen atoms in total. The van der Waals surface area contributed by atoms with Crippen LogP contribution in [0.25, 0.3) is 0 Å². The third-order valence-corrected chi connectivity index (χ3v) is 4.08. The van der Waals surface area contributed by atoms with Crippen LogP contribution in [-0.2, 0) is 4.74 Å². The Morgan fingerprint density at radius 3 is 2.53 bits per heavy atom. The van der Waals surface area contributed by atoms with E-state index in [0.717, 1.165) is 25.9 Å². The smallest absolute Gasteiger partial charge is 0.0698 e. The van der Waals surface area contributed by atoms with Crippen molar-refractivity contribution >= 4 is 0 Å². The summed E-state index contributed by atoms with van der Waals surface area (Å²) in [5, 5.41) is 0. The lowest BCUT2D eigenvalue weighted by Crippen LogP contribution is -2.57. The summed E-state index contributed by atoms with van der Waals surface area (Å²) in [6.45, 7) is 7.48. The lowest BCUT2D eigenvalue weighted by atomic mass is 9.88. The van der Waals surface area contributed by atoms with Gasteiger partial charge in [0.25, 0.3) is 0 Å².